The van der Waals surface area contributed by atoms with E-state index in [9.17, 15) is 0 Å². The summed E-state index contributed by atoms with van der Waals surface area (Å²) in [7, 11) is 1.87. The molecule has 96 valence electrons. The van der Waals surface area contributed by atoms with Crippen LogP contribution in [-0.2, 0) is 0 Å². The average molecular weight is 236 g/mol. The molecule has 0 radical (unpaired) electrons. The van der Waals surface area contributed by atoms with Crippen LogP contribution in [0.4, 0.5) is 11.6 Å². The zero-order chi connectivity index (χ0) is 12.8. The Balaban J connectivity index is 2.58. The van der Waals surface area contributed by atoms with Crippen molar-refractivity contribution in [2.45, 2.75) is 46.6 Å². The van der Waals surface area contributed by atoms with Gasteiger partial charge in [0.2, 0.25) is 0 Å². The first-order valence-corrected chi connectivity index (χ1v) is 6.31. The summed E-state index contributed by atoms with van der Waals surface area (Å²) in [4.78, 5) is 8.66. The molecule has 0 amide bonds. The molecule has 0 fully saturated rings. The molecule has 4 heteroatoms. The molecule has 0 spiro atoms. The SMILES string of the molecule is CNc1cc(NC(C)CCC(C)C)nc(C)n1. The van der Waals surface area contributed by atoms with Gasteiger partial charge in [-0.05, 0) is 32.6 Å². The second-order valence-electron chi connectivity index (χ2n) is 4.95. The zero-order valence-corrected chi connectivity index (χ0v) is 11.5. The molecule has 1 rings (SSSR count). The lowest BCUT2D eigenvalue weighted by Gasteiger charge is -2.16. The highest BCUT2D eigenvalue weighted by atomic mass is 15.1. The van der Waals surface area contributed by atoms with Gasteiger partial charge in [0.25, 0.3) is 0 Å². The van der Waals surface area contributed by atoms with Crippen LogP contribution in [0.25, 0.3) is 0 Å². The lowest BCUT2D eigenvalue weighted by molar-refractivity contribution is 0.527. The summed E-state index contributed by atoms with van der Waals surface area (Å²) in [6.07, 6.45) is 2.40. The van der Waals surface area contributed by atoms with Gasteiger partial charge in [-0.3, -0.25) is 0 Å². The first-order valence-electron chi connectivity index (χ1n) is 6.31. The van der Waals surface area contributed by atoms with Gasteiger partial charge in [-0.2, -0.15) is 0 Å². The first-order chi connectivity index (χ1) is 8.01. The van der Waals surface area contributed by atoms with Crippen molar-refractivity contribution in [3.8, 4) is 0 Å². The molecule has 0 saturated carbocycles. The molecule has 0 aliphatic heterocycles. The maximum Gasteiger partial charge on any atom is 0.132 e. The van der Waals surface area contributed by atoms with Crippen molar-refractivity contribution in [2.75, 3.05) is 17.7 Å². The highest BCUT2D eigenvalue weighted by molar-refractivity contribution is 5.47. The fourth-order valence-electron chi connectivity index (χ4n) is 1.68. The summed E-state index contributed by atoms with van der Waals surface area (Å²) in [5.74, 6) is 3.30. The number of hydrogen-bond donors (Lipinski definition) is 2. The largest absolute Gasteiger partial charge is 0.373 e. The molecule has 0 aliphatic rings. The second-order valence-corrected chi connectivity index (χ2v) is 4.95. The van der Waals surface area contributed by atoms with Crippen molar-refractivity contribution < 1.29 is 0 Å². The number of aromatic nitrogens is 2. The summed E-state index contributed by atoms with van der Waals surface area (Å²) in [5, 5.41) is 6.46. The Bertz CT molecular complexity index is 349. The smallest absolute Gasteiger partial charge is 0.132 e. The number of anilines is 2. The molecule has 1 unspecified atom stereocenters. The van der Waals surface area contributed by atoms with E-state index in [4.69, 9.17) is 0 Å². The number of hydrogen-bond acceptors (Lipinski definition) is 4. The van der Waals surface area contributed by atoms with Crippen LogP contribution in [0.15, 0.2) is 6.07 Å². The number of nitrogens with zero attached hydrogens (tertiary/aromatic N) is 2. The number of aryl methyl sites for hydroxylation is 1. The third kappa shape index (κ3) is 5.02. The van der Waals surface area contributed by atoms with E-state index in [0.29, 0.717) is 6.04 Å². The van der Waals surface area contributed by atoms with Crippen molar-refractivity contribution in [2.24, 2.45) is 5.92 Å². The van der Waals surface area contributed by atoms with Gasteiger partial charge in [-0.15, -0.1) is 0 Å². The van der Waals surface area contributed by atoms with Crippen LogP contribution in [0.1, 0.15) is 39.4 Å². The van der Waals surface area contributed by atoms with Crippen LogP contribution >= 0.6 is 0 Å². The molecule has 1 aromatic heterocycles. The standard InChI is InChI=1S/C13H24N4/c1-9(2)6-7-10(3)15-13-8-12(14-5)16-11(4)17-13/h8-10H,6-7H2,1-5H3,(H2,14,15,16,17). The van der Waals surface area contributed by atoms with Gasteiger partial charge in [0.15, 0.2) is 0 Å². The van der Waals surface area contributed by atoms with Crippen molar-refractivity contribution in [1.29, 1.82) is 0 Å². The van der Waals surface area contributed by atoms with Crippen molar-refractivity contribution in [3.63, 3.8) is 0 Å². The van der Waals surface area contributed by atoms with E-state index in [1.165, 1.54) is 6.42 Å². The Labute approximate surface area is 104 Å². The fourth-order valence-corrected chi connectivity index (χ4v) is 1.68. The monoisotopic (exact) mass is 236 g/mol. The number of nitrogens with one attached hydrogen (secondary N) is 2. The Hall–Kier alpha value is -1.32. The van der Waals surface area contributed by atoms with Gasteiger partial charge in [0, 0.05) is 19.2 Å². The van der Waals surface area contributed by atoms with Gasteiger partial charge >= 0.3 is 0 Å². The molecular formula is C13H24N4. The van der Waals surface area contributed by atoms with Gasteiger partial charge in [0.05, 0.1) is 0 Å². The highest BCUT2D eigenvalue weighted by Crippen LogP contribution is 2.14. The minimum absolute atomic E-state index is 0.441. The van der Waals surface area contributed by atoms with Gasteiger partial charge in [-0.25, -0.2) is 9.97 Å². The Kier molecular flexibility index (Phi) is 5.19. The summed E-state index contributed by atoms with van der Waals surface area (Å²) in [5.41, 5.74) is 0. The van der Waals surface area contributed by atoms with Gasteiger partial charge < -0.3 is 10.6 Å². The topological polar surface area (TPSA) is 49.8 Å². The average Bonchev–Trinajstić information content (AvgIpc) is 2.25. The van der Waals surface area contributed by atoms with E-state index >= 15 is 0 Å². The molecule has 1 heterocycles. The van der Waals surface area contributed by atoms with E-state index < -0.39 is 0 Å². The van der Waals surface area contributed by atoms with E-state index in [-0.39, 0.29) is 0 Å². The molecule has 0 saturated heterocycles. The second kappa shape index (κ2) is 6.42. The van der Waals surface area contributed by atoms with Crippen LogP contribution < -0.4 is 10.6 Å². The molecule has 4 nitrogen and oxygen atoms in total. The molecule has 0 aliphatic carbocycles. The third-order valence-corrected chi connectivity index (χ3v) is 2.67. The van der Waals surface area contributed by atoms with Crippen LogP contribution in [0, 0.1) is 12.8 Å². The van der Waals surface area contributed by atoms with E-state index in [2.05, 4.69) is 41.4 Å². The zero-order valence-electron chi connectivity index (χ0n) is 11.5. The Morgan fingerprint density at radius 3 is 2.35 bits per heavy atom. The fraction of sp³-hybridized carbons (Fsp3) is 0.692. The minimum Gasteiger partial charge on any atom is -0.373 e. The van der Waals surface area contributed by atoms with E-state index in [1.54, 1.807) is 0 Å². The maximum atomic E-state index is 4.39. The van der Waals surface area contributed by atoms with Crippen LogP contribution in [-0.4, -0.2) is 23.1 Å². The quantitative estimate of drug-likeness (QED) is 0.797. The molecule has 1 aromatic rings. The minimum atomic E-state index is 0.441. The van der Waals surface area contributed by atoms with Gasteiger partial charge in [-0.1, -0.05) is 13.8 Å². The molecule has 0 aromatic carbocycles. The summed E-state index contributed by atoms with van der Waals surface area (Å²) < 4.78 is 0. The predicted octanol–water partition coefficient (Wildman–Crippen LogP) is 3.06. The molecule has 2 N–H and O–H groups in total. The highest BCUT2D eigenvalue weighted by Gasteiger charge is 2.06. The van der Waals surface area contributed by atoms with E-state index in [0.717, 1.165) is 29.8 Å². The normalized spacial score (nSPS) is 12.6. The number of rotatable bonds is 6. The molecular weight excluding hydrogens is 212 g/mol. The van der Waals surface area contributed by atoms with Crippen LogP contribution in [0.2, 0.25) is 0 Å². The summed E-state index contributed by atoms with van der Waals surface area (Å²) in [6, 6.07) is 2.38. The van der Waals surface area contributed by atoms with Gasteiger partial charge in [0.1, 0.15) is 17.5 Å². The summed E-state index contributed by atoms with van der Waals surface area (Å²) in [6.45, 7) is 8.60. The lowest BCUT2D eigenvalue weighted by Crippen LogP contribution is -2.17. The molecule has 0 bridgehead atoms. The van der Waals surface area contributed by atoms with Crippen LogP contribution in [0.5, 0.6) is 0 Å². The van der Waals surface area contributed by atoms with E-state index in [1.807, 2.05) is 20.0 Å². The first kappa shape index (κ1) is 13.7. The van der Waals surface area contributed by atoms with Crippen molar-refractivity contribution >= 4 is 11.6 Å². The third-order valence-electron chi connectivity index (χ3n) is 2.67. The predicted molar refractivity (Wildman–Crippen MR) is 73.5 cm³/mol. The lowest BCUT2D eigenvalue weighted by atomic mass is 10.0. The molecule has 1 atom stereocenters. The van der Waals surface area contributed by atoms with Crippen molar-refractivity contribution in [3.05, 3.63) is 11.9 Å². The maximum absolute atomic E-state index is 4.39. The van der Waals surface area contributed by atoms with Crippen molar-refractivity contribution in [1.82, 2.24) is 9.97 Å². The summed E-state index contributed by atoms with van der Waals surface area (Å²) >= 11 is 0. The molecule has 17 heavy (non-hydrogen) atoms. The van der Waals surface area contributed by atoms with Crippen LogP contribution in [0.3, 0.4) is 0 Å². The Morgan fingerprint density at radius 1 is 1.12 bits per heavy atom. The Morgan fingerprint density at radius 2 is 1.76 bits per heavy atom.